The van der Waals surface area contributed by atoms with E-state index in [9.17, 15) is 13.5 Å². The first-order chi connectivity index (χ1) is 9.40. The molecule has 20 heavy (non-hydrogen) atoms. The number of aliphatic hydroxyl groups is 1. The van der Waals surface area contributed by atoms with E-state index in [1.165, 1.54) is 6.07 Å². The van der Waals surface area contributed by atoms with Crippen LogP contribution < -0.4 is 4.72 Å². The van der Waals surface area contributed by atoms with Crippen LogP contribution in [-0.2, 0) is 27.9 Å². The molecule has 1 unspecified atom stereocenters. The van der Waals surface area contributed by atoms with Gasteiger partial charge in [0.25, 0.3) is 0 Å². The number of aromatic nitrogens is 1. The van der Waals surface area contributed by atoms with Crippen molar-refractivity contribution in [2.24, 2.45) is 0 Å². The largest absolute Gasteiger partial charge is 0.390 e. The molecule has 2 heterocycles. The van der Waals surface area contributed by atoms with Crippen molar-refractivity contribution in [1.29, 1.82) is 0 Å². The maximum absolute atomic E-state index is 12.4. The number of aryl methyl sites for hydroxylation is 1. The molecule has 0 bridgehead atoms. The van der Waals surface area contributed by atoms with Crippen LogP contribution in [0.15, 0.2) is 17.2 Å². The second-order valence-corrected chi connectivity index (χ2v) is 7.17. The molecule has 0 saturated carbocycles. The summed E-state index contributed by atoms with van der Waals surface area (Å²) in [6.07, 6.45) is 3.12. The molecule has 6 nitrogen and oxygen atoms in total. The van der Waals surface area contributed by atoms with E-state index in [0.29, 0.717) is 31.9 Å². The lowest BCUT2D eigenvalue weighted by atomic mass is 10.0. The molecular formula is C13H22N2O4S. The normalized spacial score (nSPS) is 23.4. The van der Waals surface area contributed by atoms with E-state index in [0.717, 1.165) is 6.42 Å². The number of ether oxygens (including phenoxy) is 1. The summed E-state index contributed by atoms with van der Waals surface area (Å²) in [6.45, 7) is 5.31. The summed E-state index contributed by atoms with van der Waals surface area (Å²) < 4.78 is 34.6. The monoisotopic (exact) mass is 302 g/mol. The van der Waals surface area contributed by atoms with Crippen molar-refractivity contribution in [1.82, 2.24) is 9.29 Å². The fraction of sp³-hybridized carbons (Fsp3) is 0.692. The zero-order valence-corrected chi connectivity index (χ0v) is 12.7. The molecule has 114 valence electrons. The molecule has 1 saturated heterocycles. The molecule has 2 N–H and O–H groups in total. The summed E-state index contributed by atoms with van der Waals surface area (Å²) in [5, 5.41) is 9.30. The number of hydrogen-bond acceptors (Lipinski definition) is 4. The molecular weight excluding hydrogens is 280 g/mol. The van der Waals surface area contributed by atoms with Gasteiger partial charge in [0.2, 0.25) is 10.0 Å². The van der Waals surface area contributed by atoms with Crippen molar-refractivity contribution in [3.63, 3.8) is 0 Å². The van der Waals surface area contributed by atoms with Crippen molar-refractivity contribution in [2.75, 3.05) is 13.2 Å². The highest BCUT2D eigenvalue weighted by Crippen LogP contribution is 2.22. The fourth-order valence-electron chi connectivity index (χ4n) is 2.38. The predicted octanol–water partition coefficient (Wildman–Crippen LogP) is 0.848. The number of hydrogen-bond donors (Lipinski definition) is 2. The van der Waals surface area contributed by atoms with Gasteiger partial charge in [0, 0.05) is 25.0 Å². The average molecular weight is 302 g/mol. The zero-order valence-electron chi connectivity index (χ0n) is 11.9. The summed E-state index contributed by atoms with van der Waals surface area (Å²) in [5.41, 5.74) is 0.0606. The van der Waals surface area contributed by atoms with E-state index in [4.69, 9.17) is 4.74 Å². The fourth-order valence-corrected chi connectivity index (χ4v) is 3.87. The molecule has 2 rings (SSSR count). The SMILES string of the molecule is CCCn1cc(S(=O)(=O)NC2(C)CCOC2)cc1CO. The standard InChI is InChI=1S/C13H22N2O4S/c1-3-5-15-8-12(7-11(15)9-16)20(17,18)14-13(2)4-6-19-10-13/h7-8,14,16H,3-6,9-10H2,1-2H3. The lowest BCUT2D eigenvalue weighted by Crippen LogP contribution is -2.46. The van der Waals surface area contributed by atoms with Crippen molar-refractivity contribution < 1.29 is 18.3 Å². The van der Waals surface area contributed by atoms with Gasteiger partial charge in [0.05, 0.1) is 23.6 Å². The molecule has 7 heteroatoms. The van der Waals surface area contributed by atoms with Crippen LogP contribution in [0.1, 0.15) is 32.4 Å². The highest BCUT2D eigenvalue weighted by Gasteiger charge is 2.35. The minimum atomic E-state index is -3.59. The van der Waals surface area contributed by atoms with Crippen LogP contribution in [0.25, 0.3) is 0 Å². The van der Waals surface area contributed by atoms with E-state index in [1.807, 2.05) is 13.8 Å². The third-order valence-corrected chi connectivity index (χ3v) is 5.10. The van der Waals surface area contributed by atoms with Gasteiger partial charge in [0.1, 0.15) is 0 Å². The summed E-state index contributed by atoms with van der Waals surface area (Å²) in [5.74, 6) is 0. The highest BCUT2D eigenvalue weighted by atomic mass is 32.2. The molecule has 1 aliphatic heterocycles. The maximum atomic E-state index is 12.4. The predicted molar refractivity (Wildman–Crippen MR) is 74.8 cm³/mol. The van der Waals surface area contributed by atoms with Crippen LogP contribution in [0.4, 0.5) is 0 Å². The van der Waals surface area contributed by atoms with Crippen LogP contribution in [-0.4, -0.2) is 36.8 Å². The van der Waals surface area contributed by atoms with Crippen LogP contribution >= 0.6 is 0 Å². The Morgan fingerprint density at radius 2 is 2.30 bits per heavy atom. The van der Waals surface area contributed by atoms with E-state index in [-0.39, 0.29) is 11.5 Å². The van der Waals surface area contributed by atoms with Gasteiger partial charge in [-0.15, -0.1) is 0 Å². The van der Waals surface area contributed by atoms with Gasteiger partial charge in [-0.05, 0) is 25.8 Å². The van der Waals surface area contributed by atoms with Crippen LogP contribution in [0, 0.1) is 0 Å². The Hall–Kier alpha value is -0.890. The smallest absolute Gasteiger partial charge is 0.242 e. The number of aliphatic hydroxyl groups excluding tert-OH is 1. The van der Waals surface area contributed by atoms with Crippen LogP contribution in [0.2, 0.25) is 0 Å². The molecule has 0 aromatic carbocycles. The molecule has 0 spiro atoms. The summed E-state index contributed by atoms with van der Waals surface area (Å²) in [6, 6.07) is 1.52. The molecule has 1 aromatic rings. The Morgan fingerprint density at radius 1 is 1.55 bits per heavy atom. The first-order valence-corrected chi connectivity index (χ1v) is 8.30. The molecule has 1 aliphatic rings. The van der Waals surface area contributed by atoms with Crippen molar-refractivity contribution >= 4 is 10.0 Å². The van der Waals surface area contributed by atoms with E-state index >= 15 is 0 Å². The van der Waals surface area contributed by atoms with Crippen LogP contribution in [0.5, 0.6) is 0 Å². The van der Waals surface area contributed by atoms with Gasteiger partial charge < -0.3 is 14.4 Å². The van der Waals surface area contributed by atoms with Crippen molar-refractivity contribution in [3.8, 4) is 0 Å². The number of nitrogens with zero attached hydrogens (tertiary/aromatic N) is 1. The third-order valence-electron chi connectivity index (χ3n) is 3.50. The van der Waals surface area contributed by atoms with Crippen molar-refractivity contribution in [2.45, 2.75) is 50.3 Å². The minimum Gasteiger partial charge on any atom is -0.390 e. The van der Waals surface area contributed by atoms with Gasteiger partial charge in [-0.2, -0.15) is 0 Å². The second-order valence-electron chi connectivity index (χ2n) is 5.49. The number of rotatable bonds is 6. The number of sulfonamides is 1. The van der Waals surface area contributed by atoms with Crippen LogP contribution in [0.3, 0.4) is 0 Å². The molecule has 1 fully saturated rings. The Kier molecular flexibility index (Phi) is 4.53. The molecule has 0 radical (unpaired) electrons. The minimum absolute atomic E-state index is 0.171. The maximum Gasteiger partial charge on any atom is 0.242 e. The van der Waals surface area contributed by atoms with Gasteiger partial charge in [-0.25, -0.2) is 13.1 Å². The third kappa shape index (κ3) is 3.22. The van der Waals surface area contributed by atoms with Gasteiger partial charge in [-0.3, -0.25) is 0 Å². The summed E-state index contributed by atoms with van der Waals surface area (Å²) in [7, 11) is -3.59. The Labute approximate surface area is 119 Å². The zero-order chi connectivity index (χ0) is 14.8. The van der Waals surface area contributed by atoms with Gasteiger partial charge in [0.15, 0.2) is 0 Å². The van der Waals surface area contributed by atoms with Gasteiger partial charge >= 0.3 is 0 Å². The van der Waals surface area contributed by atoms with Crippen molar-refractivity contribution in [3.05, 3.63) is 18.0 Å². The second kappa shape index (κ2) is 5.85. The highest BCUT2D eigenvalue weighted by molar-refractivity contribution is 7.89. The quantitative estimate of drug-likeness (QED) is 0.816. The number of nitrogens with one attached hydrogen (secondary N) is 1. The molecule has 1 atom stereocenters. The van der Waals surface area contributed by atoms with Gasteiger partial charge in [-0.1, -0.05) is 6.92 Å². The Balaban J connectivity index is 2.25. The lowest BCUT2D eigenvalue weighted by molar-refractivity contribution is 0.178. The average Bonchev–Trinajstić information content (AvgIpc) is 2.96. The summed E-state index contributed by atoms with van der Waals surface area (Å²) in [4.78, 5) is 0.197. The molecule has 0 amide bonds. The van der Waals surface area contributed by atoms with E-state index in [2.05, 4.69) is 4.72 Å². The Morgan fingerprint density at radius 3 is 2.85 bits per heavy atom. The summed E-state index contributed by atoms with van der Waals surface area (Å²) >= 11 is 0. The van der Waals surface area contributed by atoms with E-state index < -0.39 is 15.6 Å². The first-order valence-electron chi connectivity index (χ1n) is 6.82. The van der Waals surface area contributed by atoms with E-state index in [1.54, 1.807) is 10.8 Å². The molecule has 0 aliphatic carbocycles. The Bertz CT molecular complexity index is 559. The molecule has 1 aromatic heterocycles. The lowest BCUT2D eigenvalue weighted by Gasteiger charge is -2.22. The topological polar surface area (TPSA) is 80.6 Å². The first kappa shape index (κ1) is 15.5.